The molecule has 2 amide bonds. The molecular formula is C16H26N4O2. The average molecular weight is 306 g/mol. The zero-order chi connectivity index (χ0) is 16.4. The second-order valence-electron chi connectivity index (χ2n) is 5.48. The molecule has 1 heterocycles. The van der Waals surface area contributed by atoms with Gasteiger partial charge < -0.3 is 15.5 Å². The molecule has 0 saturated carbocycles. The lowest BCUT2D eigenvalue weighted by molar-refractivity contribution is 0.0950. The third-order valence-corrected chi connectivity index (χ3v) is 3.17. The third-order valence-electron chi connectivity index (χ3n) is 3.17. The molecule has 0 aliphatic carbocycles. The number of amides is 2. The second-order valence-corrected chi connectivity index (χ2v) is 5.48. The van der Waals surface area contributed by atoms with E-state index >= 15 is 0 Å². The summed E-state index contributed by atoms with van der Waals surface area (Å²) >= 11 is 0. The van der Waals surface area contributed by atoms with Gasteiger partial charge in [0, 0.05) is 32.0 Å². The van der Waals surface area contributed by atoms with Crippen molar-refractivity contribution in [1.29, 1.82) is 0 Å². The monoisotopic (exact) mass is 306 g/mol. The van der Waals surface area contributed by atoms with Gasteiger partial charge in [-0.1, -0.05) is 19.8 Å². The SMILES string of the molecule is CCCCCNC(=O)c1cncc(C(=O)NCCN(C)C)c1. The number of nitrogens with zero attached hydrogens (tertiary/aromatic N) is 2. The lowest BCUT2D eigenvalue weighted by atomic mass is 10.2. The van der Waals surface area contributed by atoms with E-state index in [4.69, 9.17) is 0 Å². The van der Waals surface area contributed by atoms with E-state index < -0.39 is 0 Å². The Bertz CT molecular complexity index is 489. The molecule has 0 aliphatic heterocycles. The number of carbonyl (C=O) groups excluding carboxylic acids is 2. The Morgan fingerprint density at radius 1 is 1.05 bits per heavy atom. The summed E-state index contributed by atoms with van der Waals surface area (Å²) in [5.74, 6) is -0.401. The van der Waals surface area contributed by atoms with Crippen LogP contribution in [0.2, 0.25) is 0 Å². The van der Waals surface area contributed by atoms with Crippen LogP contribution in [0, 0.1) is 0 Å². The summed E-state index contributed by atoms with van der Waals surface area (Å²) in [5, 5.41) is 5.64. The largest absolute Gasteiger partial charge is 0.352 e. The number of hydrogen-bond donors (Lipinski definition) is 2. The first kappa shape index (κ1) is 18.1. The van der Waals surface area contributed by atoms with Crippen LogP contribution in [0.3, 0.4) is 0 Å². The van der Waals surface area contributed by atoms with Crippen LogP contribution in [0.1, 0.15) is 46.9 Å². The first-order chi connectivity index (χ1) is 10.5. The Morgan fingerprint density at radius 2 is 1.64 bits per heavy atom. The Kier molecular flexibility index (Phi) is 8.14. The molecule has 1 rings (SSSR count). The van der Waals surface area contributed by atoms with Gasteiger partial charge in [-0.3, -0.25) is 14.6 Å². The zero-order valence-corrected chi connectivity index (χ0v) is 13.7. The van der Waals surface area contributed by atoms with E-state index in [1.807, 2.05) is 19.0 Å². The van der Waals surface area contributed by atoms with E-state index in [9.17, 15) is 9.59 Å². The predicted molar refractivity (Wildman–Crippen MR) is 87.0 cm³/mol. The van der Waals surface area contributed by atoms with E-state index in [-0.39, 0.29) is 11.8 Å². The van der Waals surface area contributed by atoms with Gasteiger partial charge in [-0.2, -0.15) is 0 Å². The van der Waals surface area contributed by atoms with Gasteiger partial charge in [0.15, 0.2) is 0 Å². The van der Waals surface area contributed by atoms with E-state index in [0.29, 0.717) is 24.2 Å². The van der Waals surface area contributed by atoms with Gasteiger partial charge >= 0.3 is 0 Å². The number of nitrogens with one attached hydrogen (secondary N) is 2. The van der Waals surface area contributed by atoms with Crippen LogP contribution in [0.4, 0.5) is 0 Å². The molecule has 6 heteroatoms. The fraction of sp³-hybridized carbons (Fsp3) is 0.562. The van der Waals surface area contributed by atoms with Gasteiger partial charge in [0.1, 0.15) is 0 Å². The lowest BCUT2D eigenvalue weighted by Crippen LogP contribution is -2.31. The average Bonchev–Trinajstić information content (AvgIpc) is 2.51. The van der Waals surface area contributed by atoms with Crippen molar-refractivity contribution in [3.63, 3.8) is 0 Å². The first-order valence-corrected chi connectivity index (χ1v) is 7.70. The van der Waals surface area contributed by atoms with Crippen LogP contribution in [0.15, 0.2) is 18.5 Å². The molecule has 0 radical (unpaired) electrons. The molecule has 0 saturated heterocycles. The van der Waals surface area contributed by atoms with Crippen molar-refractivity contribution in [3.8, 4) is 0 Å². The van der Waals surface area contributed by atoms with Crippen molar-refractivity contribution in [2.75, 3.05) is 33.7 Å². The summed E-state index contributed by atoms with van der Waals surface area (Å²) in [6.45, 7) is 4.08. The molecule has 0 aliphatic rings. The molecule has 2 N–H and O–H groups in total. The van der Waals surface area contributed by atoms with Crippen LogP contribution in [0.25, 0.3) is 0 Å². The van der Waals surface area contributed by atoms with Gasteiger partial charge in [0.2, 0.25) is 0 Å². The number of likely N-dealkylation sites (N-methyl/N-ethyl adjacent to an activating group) is 1. The zero-order valence-electron chi connectivity index (χ0n) is 13.7. The van der Waals surface area contributed by atoms with Gasteiger partial charge in [-0.05, 0) is 26.6 Å². The van der Waals surface area contributed by atoms with Gasteiger partial charge in [0.05, 0.1) is 11.1 Å². The standard InChI is InChI=1S/C16H26N4O2/c1-4-5-6-7-18-15(21)13-10-14(12-17-11-13)16(22)19-8-9-20(2)3/h10-12H,4-9H2,1-3H3,(H,18,21)(H,19,22). The maximum atomic E-state index is 12.0. The lowest BCUT2D eigenvalue weighted by Gasteiger charge is -2.10. The highest BCUT2D eigenvalue weighted by molar-refractivity contribution is 5.99. The molecule has 0 bridgehead atoms. The van der Waals surface area contributed by atoms with Crippen LogP contribution in [-0.4, -0.2) is 55.4 Å². The normalized spacial score (nSPS) is 10.5. The Labute approximate surface area is 132 Å². The number of pyridine rings is 1. The van der Waals surface area contributed by atoms with E-state index in [2.05, 4.69) is 22.5 Å². The van der Waals surface area contributed by atoms with Crippen molar-refractivity contribution in [3.05, 3.63) is 29.6 Å². The minimum Gasteiger partial charge on any atom is -0.352 e. The Morgan fingerprint density at radius 3 is 2.18 bits per heavy atom. The summed E-state index contributed by atoms with van der Waals surface area (Å²) in [7, 11) is 3.88. The summed E-state index contributed by atoms with van der Waals surface area (Å²) in [6.07, 6.45) is 6.11. The molecule has 0 atom stereocenters. The molecule has 6 nitrogen and oxygen atoms in total. The molecule has 122 valence electrons. The van der Waals surface area contributed by atoms with Crippen LogP contribution >= 0.6 is 0 Å². The summed E-state index contributed by atoms with van der Waals surface area (Å²) in [4.78, 5) is 30.0. The smallest absolute Gasteiger partial charge is 0.252 e. The molecule has 22 heavy (non-hydrogen) atoms. The van der Waals surface area contributed by atoms with Gasteiger partial charge in [-0.25, -0.2) is 0 Å². The highest BCUT2D eigenvalue weighted by Gasteiger charge is 2.10. The minimum absolute atomic E-state index is 0.188. The summed E-state index contributed by atoms with van der Waals surface area (Å²) < 4.78 is 0. The maximum absolute atomic E-state index is 12.0. The number of aromatic nitrogens is 1. The minimum atomic E-state index is -0.213. The third kappa shape index (κ3) is 6.67. The van der Waals surface area contributed by atoms with E-state index in [1.54, 1.807) is 6.07 Å². The van der Waals surface area contributed by atoms with Gasteiger partial charge in [0.25, 0.3) is 11.8 Å². The summed E-state index contributed by atoms with van der Waals surface area (Å²) in [6, 6.07) is 1.58. The van der Waals surface area contributed by atoms with Crippen LogP contribution < -0.4 is 10.6 Å². The van der Waals surface area contributed by atoms with Gasteiger partial charge in [-0.15, -0.1) is 0 Å². The van der Waals surface area contributed by atoms with Crippen molar-refractivity contribution in [1.82, 2.24) is 20.5 Å². The molecular weight excluding hydrogens is 280 g/mol. The molecule has 1 aromatic rings. The number of unbranched alkanes of at least 4 members (excludes halogenated alkanes) is 2. The topological polar surface area (TPSA) is 74.3 Å². The molecule has 0 fully saturated rings. The van der Waals surface area contributed by atoms with E-state index in [1.165, 1.54) is 12.4 Å². The summed E-state index contributed by atoms with van der Waals surface area (Å²) in [5.41, 5.74) is 0.816. The first-order valence-electron chi connectivity index (χ1n) is 7.70. The molecule has 0 spiro atoms. The van der Waals surface area contributed by atoms with Crippen LogP contribution in [0.5, 0.6) is 0 Å². The predicted octanol–water partition coefficient (Wildman–Crippen LogP) is 1.29. The number of rotatable bonds is 9. The number of carbonyl (C=O) groups is 2. The Hall–Kier alpha value is -1.95. The van der Waals surface area contributed by atoms with Crippen molar-refractivity contribution in [2.45, 2.75) is 26.2 Å². The van der Waals surface area contributed by atoms with Crippen LogP contribution in [-0.2, 0) is 0 Å². The highest BCUT2D eigenvalue weighted by Crippen LogP contribution is 2.03. The Balaban J connectivity index is 2.53. The maximum Gasteiger partial charge on any atom is 0.252 e. The molecule has 1 aromatic heterocycles. The number of hydrogen-bond acceptors (Lipinski definition) is 4. The fourth-order valence-electron chi connectivity index (χ4n) is 1.86. The fourth-order valence-corrected chi connectivity index (χ4v) is 1.86. The molecule has 0 aromatic carbocycles. The second kappa shape index (κ2) is 9.89. The molecule has 0 unspecified atom stereocenters. The van der Waals surface area contributed by atoms with Crippen molar-refractivity contribution < 1.29 is 9.59 Å². The van der Waals surface area contributed by atoms with E-state index in [0.717, 1.165) is 25.8 Å². The highest BCUT2D eigenvalue weighted by atomic mass is 16.2. The van der Waals surface area contributed by atoms with Crippen molar-refractivity contribution in [2.24, 2.45) is 0 Å². The quantitative estimate of drug-likeness (QED) is 0.674. The van der Waals surface area contributed by atoms with Crippen molar-refractivity contribution >= 4 is 11.8 Å².